The largest absolute Gasteiger partial charge is 0.417 e. The van der Waals surface area contributed by atoms with E-state index in [1.807, 2.05) is 4.90 Å². The summed E-state index contributed by atoms with van der Waals surface area (Å²) >= 11 is 6.10. The van der Waals surface area contributed by atoms with E-state index in [0.717, 1.165) is 57.6 Å². The van der Waals surface area contributed by atoms with E-state index in [0.29, 0.717) is 5.82 Å². The number of aliphatic hydroxyl groups is 1. The van der Waals surface area contributed by atoms with Gasteiger partial charge in [-0.05, 0) is 38.3 Å². The maximum absolute atomic E-state index is 12.8. The molecule has 0 amide bonds. The van der Waals surface area contributed by atoms with Crippen LogP contribution >= 0.6 is 11.6 Å². The van der Waals surface area contributed by atoms with E-state index in [1.165, 1.54) is 0 Å². The highest BCUT2D eigenvalue weighted by Crippen LogP contribution is 2.36. The van der Waals surface area contributed by atoms with Crippen molar-refractivity contribution in [2.75, 3.05) is 31.1 Å². The fraction of sp³-hybridized carbons (Fsp3) is 0.688. The molecule has 0 unspecified atom stereocenters. The van der Waals surface area contributed by atoms with E-state index in [9.17, 15) is 18.3 Å². The third kappa shape index (κ3) is 3.63. The summed E-state index contributed by atoms with van der Waals surface area (Å²) in [5, 5.41) is 9.49. The topological polar surface area (TPSA) is 39.6 Å². The lowest BCUT2D eigenvalue weighted by Gasteiger charge is -2.32. The minimum atomic E-state index is -4.44. The maximum Gasteiger partial charge on any atom is 0.417 e. The van der Waals surface area contributed by atoms with Gasteiger partial charge in [0.05, 0.1) is 17.2 Å². The van der Waals surface area contributed by atoms with E-state index < -0.39 is 11.7 Å². The second kappa shape index (κ2) is 7.06. The van der Waals surface area contributed by atoms with Gasteiger partial charge in [-0.1, -0.05) is 11.6 Å². The molecule has 1 aromatic heterocycles. The first-order chi connectivity index (χ1) is 11.4. The Kier molecular flexibility index (Phi) is 5.22. The average molecular weight is 364 g/mol. The van der Waals surface area contributed by atoms with Gasteiger partial charge in [0, 0.05) is 31.4 Å². The van der Waals surface area contributed by atoms with E-state index in [-0.39, 0.29) is 23.7 Å². The molecule has 3 rings (SSSR count). The average Bonchev–Trinajstić information content (AvgIpc) is 3.16. The quantitative estimate of drug-likeness (QED) is 0.892. The van der Waals surface area contributed by atoms with E-state index in [2.05, 4.69) is 9.88 Å². The second-order valence-electron chi connectivity index (χ2n) is 6.49. The molecule has 8 heteroatoms. The Hall–Kier alpha value is -1.05. The number of aromatic nitrogens is 1. The van der Waals surface area contributed by atoms with Gasteiger partial charge in [-0.25, -0.2) is 4.98 Å². The number of aliphatic hydroxyl groups excluding tert-OH is 1. The molecule has 2 aliphatic rings. The molecule has 2 fully saturated rings. The number of halogens is 4. The Bertz CT molecular complexity index is 584. The highest BCUT2D eigenvalue weighted by molar-refractivity contribution is 6.33. The van der Waals surface area contributed by atoms with Gasteiger partial charge in [-0.15, -0.1) is 0 Å². The Balaban J connectivity index is 1.76. The summed E-state index contributed by atoms with van der Waals surface area (Å²) < 4.78 is 38.3. The monoisotopic (exact) mass is 363 g/mol. The van der Waals surface area contributed by atoms with Crippen molar-refractivity contribution in [3.63, 3.8) is 0 Å². The minimum Gasteiger partial charge on any atom is -0.395 e. The molecule has 0 bridgehead atoms. The van der Waals surface area contributed by atoms with Crippen LogP contribution in [0.3, 0.4) is 0 Å². The van der Waals surface area contributed by atoms with Crippen molar-refractivity contribution in [1.29, 1.82) is 0 Å². The van der Waals surface area contributed by atoms with Crippen LogP contribution in [0.1, 0.15) is 31.2 Å². The molecule has 0 aliphatic carbocycles. The molecule has 1 N–H and O–H groups in total. The molecule has 2 aliphatic heterocycles. The minimum absolute atomic E-state index is 0.0388. The zero-order valence-electron chi connectivity index (χ0n) is 13.3. The zero-order chi connectivity index (χ0) is 17.3. The predicted octanol–water partition coefficient (Wildman–Crippen LogP) is 3.18. The number of anilines is 1. The summed E-state index contributed by atoms with van der Waals surface area (Å²) in [6, 6.07) is 1.30. The van der Waals surface area contributed by atoms with Gasteiger partial charge in [0.25, 0.3) is 0 Å². The summed E-state index contributed by atoms with van der Waals surface area (Å²) in [7, 11) is 0. The van der Waals surface area contributed by atoms with E-state index >= 15 is 0 Å². The van der Waals surface area contributed by atoms with Crippen LogP contribution in [0.5, 0.6) is 0 Å². The van der Waals surface area contributed by atoms with Crippen molar-refractivity contribution in [2.45, 2.75) is 43.9 Å². The molecule has 4 nitrogen and oxygen atoms in total. The summed E-state index contributed by atoms with van der Waals surface area (Å²) in [4.78, 5) is 8.27. The number of rotatable bonds is 4. The van der Waals surface area contributed by atoms with Gasteiger partial charge in [0.15, 0.2) is 0 Å². The number of pyridine rings is 1. The normalized spacial score (nSPS) is 25.6. The third-order valence-corrected chi connectivity index (χ3v) is 5.23. The Labute approximate surface area is 144 Å². The summed E-state index contributed by atoms with van der Waals surface area (Å²) in [5.74, 6) is 0.423. The summed E-state index contributed by atoms with van der Waals surface area (Å²) in [6.07, 6.45) is 0.376. The first-order valence-electron chi connectivity index (χ1n) is 8.24. The molecule has 1 aromatic rings. The molecule has 0 radical (unpaired) electrons. The van der Waals surface area contributed by atoms with Crippen LogP contribution in [-0.4, -0.2) is 53.3 Å². The van der Waals surface area contributed by atoms with Crippen LogP contribution in [0.4, 0.5) is 19.0 Å². The van der Waals surface area contributed by atoms with Crippen molar-refractivity contribution in [1.82, 2.24) is 9.88 Å². The predicted molar refractivity (Wildman–Crippen MR) is 86.3 cm³/mol. The van der Waals surface area contributed by atoms with Crippen LogP contribution in [0.25, 0.3) is 0 Å². The van der Waals surface area contributed by atoms with Gasteiger partial charge in [-0.2, -0.15) is 13.2 Å². The summed E-state index contributed by atoms with van der Waals surface area (Å²) in [5.41, 5.74) is -0.827. The first kappa shape index (κ1) is 17.8. The SMILES string of the molecule is OC[C@@H]1CCCN1C[C@@H]1CCCN1c1ncc(C(F)(F)F)cc1Cl. The van der Waals surface area contributed by atoms with Crippen LogP contribution < -0.4 is 4.90 Å². The lowest BCUT2D eigenvalue weighted by molar-refractivity contribution is -0.137. The smallest absolute Gasteiger partial charge is 0.395 e. The van der Waals surface area contributed by atoms with Crippen LogP contribution in [-0.2, 0) is 6.18 Å². The summed E-state index contributed by atoms with van der Waals surface area (Å²) in [6.45, 7) is 2.61. The van der Waals surface area contributed by atoms with Gasteiger partial charge < -0.3 is 10.0 Å². The van der Waals surface area contributed by atoms with Gasteiger partial charge >= 0.3 is 6.18 Å². The van der Waals surface area contributed by atoms with Gasteiger partial charge in [-0.3, -0.25) is 4.90 Å². The standard InChI is InChI=1S/C16H21ClF3N3O/c17-14-7-11(16(18,19)20)8-21-15(14)23-6-2-3-12(23)9-22-5-1-4-13(22)10-24/h7-8,12-13,24H,1-6,9-10H2/t12-,13-/m0/s1. The van der Waals surface area contributed by atoms with E-state index in [4.69, 9.17) is 11.6 Å². The van der Waals surface area contributed by atoms with Gasteiger partial charge in [0.2, 0.25) is 0 Å². The van der Waals surface area contributed by atoms with Crippen LogP contribution in [0.2, 0.25) is 5.02 Å². The van der Waals surface area contributed by atoms with Crippen molar-refractivity contribution < 1.29 is 18.3 Å². The molecule has 3 heterocycles. The highest BCUT2D eigenvalue weighted by atomic mass is 35.5. The molecule has 134 valence electrons. The lowest BCUT2D eigenvalue weighted by atomic mass is 10.1. The molecule has 24 heavy (non-hydrogen) atoms. The number of hydrogen-bond acceptors (Lipinski definition) is 4. The van der Waals surface area contributed by atoms with Crippen LogP contribution in [0, 0.1) is 0 Å². The van der Waals surface area contributed by atoms with Crippen LogP contribution in [0.15, 0.2) is 12.3 Å². The number of alkyl halides is 3. The molecule has 0 saturated carbocycles. The van der Waals surface area contributed by atoms with Crippen molar-refractivity contribution in [3.8, 4) is 0 Å². The zero-order valence-corrected chi connectivity index (χ0v) is 14.0. The first-order valence-corrected chi connectivity index (χ1v) is 8.62. The molecule has 0 spiro atoms. The maximum atomic E-state index is 12.8. The number of hydrogen-bond donors (Lipinski definition) is 1. The van der Waals surface area contributed by atoms with Crippen molar-refractivity contribution in [3.05, 3.63) is 22.8 Å². The fourth-order valence-corrected chi connectivity index (χ4v) is 3.99. The molecular formula is C16H21ClF3N3O. The molecule has 2 saturated heterocycles. The molecule has 0 aromatic carbocycles. The fourth-order valence-electron chi connectivity index (χ4n) is 3.71. The number of nitrogens with zero attached hydrogens (tertiary/aromatic N) is 3. The van der Waals surface area contributed by atoms with E-state index in [1.54, 1.807) is 0 Å². The van der Waals surface area contributed by atoms with Gasteiger partial charge in [0.1, 0.15) is 5.82 Å². The lowest BCUT2D eigenvalue weighted by Crippen LogP contribution is -2.43. The molecular weight excluding hydrogens is 343 g/mol. The third-order valence-electron chi connectivity index (χ3n) is 4.95. The number of likely N-dealkylation sites (tertiary alicyclic amines) is 1. The highest BCUT2D eigenvalue weighted by Gasteiger charge is 2.35. The molecule has 2 atom stereocenters. The van der Waals surface area contributed by atoms with Crippen molar-refractivity contribution in [2.24, 2.45) is 0 Å². The Morgan fingerprint density at radius 1 is 1.21 bits per heavy atom. The second-order valence-corrected chi connectivity index (χ2v) is 6.90. The van der Waals surface area contributed by atoms with Crippen molar-refractivity contribution >= 4 is 17.4 Å². The Morgan fingerprint density at radius 2 is 1.92 bits per heavy atom. The Morgan fingerprint density at radius 3 is 2.58 bits per heavy atom.